The highest BCUT2D eigenvalue weighted by molar-refractivity contribution is 7.90. The first kappa shape index (κ1) is 15.2. The molecule has 1 unspecified atom stereocenters. The lowest BCUT2D eigenvalue weighted by atomic mass is 9.95. The Kier molecular flexibility index (Phi) is 3.15. The Morgan fingerprint density at radius 2 is 1.96 bits per heavy atom. The number of benzene rings is 2. The maximum absolute atomic E-state index is 13.0. The van der Waals surface area contributed by atoms with Crippen molar-refractivity contribution in [2.45, 2.75) is 24.2 Å². The Morgan fingerprint density at radius 1 is 1.12 bits per heavy atom. The minimum absolute atomic E-state index is 0.412. The molecule has 0 amide bonds. The zero-order valence-electron chi connectivity index (χ0n) is 14.1. The molecular formula is C20H20N2O2S. The highest BCUT2D eigenvalue weighted by Crippen LogP contribution is 2.43. The fraction of sp³-hybridized carbons (Fsp3) is 0.300. The largest absolute Gasteiger partial charge is 0.303 e. The Hall–Kier alpha value is -2.11. The molecule has 1 saturated heterocycles. The topological polar surface area (TPSA) is 42.3 Å². The van der Waals surface area contributed by atoms with E-state index in [0.29, 0.717) is 10.8 Å². The number of fused-ring (bicyclic) bond motifs is 5. The molecule has 2 aromatic carbocycles. The quantitative estimate of drug-likeness (QED) is 0.553. The smallest absolute Gasteiger partial charge is 0.269 e. The molecule has 1 fully saturated rings. The monoisotopic (exact) mass is 352 g/mol. The van der Waals surface area contributed by atoms with Crippen LogP contribution < -0.4 is 0 Å². The predicted octanol–water partition coefficient (Wildman–Crippen LogP) is 3.67. The van der Waals surface area contributed by atoms with Crippen molar-refractivity contribution in [1.82, 2.24) is 8.87 Å². The Labute approximate surface area is 147 Å². The summed E-state index contributed by atoms with van der Waals surface area (Å²) in [7, 11) is -3.50. The van der Waals surface area contributed by atoms with Crippen molar-refractivity contribution in [3.05, 3.63) is 54.1 Å². The van der Waals surface area contributed by atoms with Crippen molar-refractivity contribution in [2.24, 2.45) is 0 Å². The molecule has 0 N–H and O–H groups in total. The van der Waals surface area contributed by atoms with Gasteiger partial charge in [0.1, 0.15) is 0 Å². The standard InChI is InChI=1S/C20H20N2O2S/c1-2-21-11-10-14(13-21)15-7-5-8-18-17(15)12-19-16-6-3-4-9-20(16)25(23,24)22(18)19/h3-9,12,14H,2,10-11,13H2,1H3. The van der Waals surface area contributed by atoms with E-state index in [9.17, 15) is 8.42 Å². The van der Waals surface area contributed by atoms with E-state index in [-0.39, 0.29) is 0 Å². The van der Waals surface area contributed by atoms with Gasteiger partial charge in [-0.25, -0.2) is 12.4 Å². The lowest BCUT2D eigenvalue weighted by Gasteiger charge is -2.14. The van der Waals surface area contributed by atoms with Crippen LogP contribution in [0.3, 0.4) is 0 Å². The van der Waals surface area contributed by atoms with Crippen LogP contribution in [0.25, 0.3) is 22.2 Å². The van der Waals surface area contributed by atoms with Crippen LogP contribution in [-0.4, -0.2) is 36.9 Å². The van der Waals surface area contributed by atoms with Crippen LogP contribution in [0.5, 0.6) is 0 Å². The molecule has 3 aromatic rings. The Morgan fingerprint density at radius 3 is 2.76 bits per heavy atom. The second-order valence-corrected chi connectivity index (χ2v) is 8.71. The first-order valence-electron chi connectivity index (χ1n) is 8.83. The molecule has 0 saturated carbocycles. The van der Waals surface area contributed by atoms with Gasteiger partial charge in [0, 0.05) is 17.5 Å². The van der Waals surface area contributed by atoms with Gasteiger partial charge < -0.3 is 4.90 Å². The molecule has 1 aromatic heterocycles. The first-order valence-corrected chi connectivity index (χ1v) is 10.3. The number of rotatable bonds is 2. The Bertz CT molecular complexity index is 1100. The highest BCUT2D eigenvalue weighted by Gasteiger charge is 2.35. The van der Waals surface area contributed by atoms with Crippen LogP contribution in [0, 0.1) is 0 Å². The molecule has 0 spiro atoms. The number of hydrogen-bond donors (Lipinski definition) is 0. The molecule has 2 aliphatic rings. The predicted molar refractivity (Wildman–Crippen MR) is 99.4 cm³/mol. The van der Waals surface area contributed by atoms with Gasteiger partial charge in [-0.15, -0.1) is 0 Å². The molecule has 3 heterocycles. The number of nitrogens with zero attached hydrogens (tertiary/aromatic N) is 2. The maximum Gasteiger partial charge on any atom is 0.269 e. The van der Waals surface area contributed by atoms with Crippen LogP contribution in [0.2, 0.25) is 0 Å². The molecule has 1 atom stereocenters. The molecular weight excluding hydrogens is 332 g/mol. The molecule has 25 heavy (non-hydrogen) atoms. The van der Waals surface area contributed by atoms with E-state index in [1.54, 1.807) is 12.1 Å². The molecule has 0 radical (unpaired) electrons. The number of hydrogen-bond acceptors (Lipinski definition) is 3. The molecule has 4 nitrogen and oxygen atoms in total. The van der Waals surface area contributed by atoms with E-state index >= 15 is 0 Å². The number of aromatic nitrogens is 1. The minimum atomic E-state index is -3.50. The van der Waals surface area contributed by atoms with Gasteiger partial charge in [0.15, 0.2) is 0 Å². The summed E-state index contributed by atoms with van der Waals surface area (Å²) in [6.07, 6.45) is 1.14. The van der Waals surface area contributed by atoms with Crippen LogP contribution in [0.4, 0.5) is 0 Å². The molecule has 5 rings (SSSR count). The van der Waals surface area contributed by atoms with Gasteiger partial charge in [0.05, 0.1) is 16.1 Å². The summed E-state index contributed by atoms with van der Waals surface area (Å²) in [6.45, 7) is 5.44. The molecule has 5 heteroatoms. The fourth-order valence-corrected chi connectivity index (χ4v) is 6.13. The summed E-state index contributed by atoms with van der Waals surface area (Å²) in [6, 6.07) is 15.5. The van der Waals surface area contributed by atoms with Gasteiger partial charge in [-0.05, 0) is 49.2 Å². The fourth-order valence-electron chi connectivity index (χ4n) is 4.41. The second-order valence-electron chi connectivity index (χ2n) is 6.95. The minimum Gasteiger partial charge on any atom is -0.303 e. The molecule has 128 valence electrons. The third-order valence-corrected chi connectivity index (χ3v) is 7.46. The van der Waals surface area contributed by atoms with Gasteiger partial charge in [0.2, 0.25) is 0 Å². The van der Waals surface area contributed by atoms with Crippen molar-refractivity contribution in [3.8, 4) is 11.3 Å². The normalized spacial score (nSPS) is 21.6. The summed E-state index contributed by atoms with van der Waals surface area (Å²) < 4.78 is 27.6. The van der Waals surface area contributed by atoms with Crippen molar-refractivity contribution >= 4 is 20.9 Å². The summed E-state index contributed by atoms with van der Waals surface area (Å²) in [5.41, 5.74) is 3.69. The van der Waals surface area contributed by atoms with E-state index in [1.165, 1.54) is 9.54 Å². The summed E-state index contributed by atoms with van der Waals surface area (Å²) >= 11 is 0. The third kappa shape index (κ3) is 1.99. The van der Waals surface area contributed by atoms with Gasteiger partial charge in [-0.2, -0.15) is 0 Å². The molecule has 2 aliphatic heterocycles. The van der Waals surface area contributed by atoms with E-state index in [0.717, 1.165) is 48.2 Å². The Balaban J connectivity index is 1.75. The third-order valence-electron chi connectivity index (χ3n) is 5.68. The van der Waals surface area contributed by atoms with Crippen molar-refractivity contribution in [3.63, 3.8) is 0 Å². The van der Waals surface area contributed by atoms with Crippen LogP contribution in [-0.2, 0) is 10.0 Å². The van der Waals surface area contributed by atoms with Crippen molar-refractivity contribution in [1.29, 1.82) is 0 Å². The van der Waals surface area contributed by atoms with E-state index in [2.05, 4.69) is 24.0 Å². The lowest BCUT2D eigenvalue weighted by Crippen LogP contribution is -2.19. The van der Waals surface area contributed by atoms with Crippen LogP contribution in [0.1, 0.15) is 24.8 Å². The van der Waals surface area contributed by atoms with E-state index in [1.807, 2.05) is 24.3 Å². The molecule has 0 aliphatic carbocycles. The first-order chi connectivity index (χ1) is 12.1. The summed E-state index contributed by atoms with van der Waals surface area (Å²) in [5, 5.41) is 1.08. The summed E-state index contributed by atoms with van der Waals surface area (Å²) in [5.74, 6) is 0.477. The van der Waals surface area contributed by atoms with Crippen molar-refractivity contribution < 1.29 is 8.42 Å². The van der Waals surface area contributed by atoms with E-state index in [4.69, 9.17) is 0 Å². The molecule has 0 bridgehead atoms. The maximum atomic E-state index is 13.0. The average molecular weight is 352 g/mol. The average Bonchev–Trinajstić information content (AvgIpc) is 3.30. The SMILES string of the molecule is CCN1CCC(c2cccc3c2cc2n3S(=O)(=O)c3ccccc3-2)C1. The van der Waals surface area contributed by atoms with Gasteiger partial charge in [-0.1, -0.05) is 37.3 Å². The zero-order valence-corrected chi connectivity index (χ0v) is 15.0. The number of likely N-dealkylation sites (N-methyl/N-ethyl adjacent to an activating group) is 1. The summed E-state index contributed by atoms with van der Waals surface area (Å²) in [4.78, 5) is 2.87. The zero-order chi connectivity index (χ0) is 17.2. The number of likely N-dealkylation sites (tertiary alicyclic amines) is 1. The van der Waals surface area contributed by atoms with Gasteiger partial charge in [-0.3, -0.25) is 0 Å². The van der Waals surface area contributed by atoms with Gasteiger partial charge in [0.25, 0.3) is 10.0 Å². The van der Waals surface area contributed by atoms with E-state index < -0.39 is 10.0 Å². The van der Waals surface area contributed by atoms with Crippen molar-refractivity contribution in [2.75, 3.05) is 19.6 Å². The highest BCUT2D eigenvalue weighted by atomic mass is 32.2. The second kappa shape index (κ2) is 5.19. The van der Waals surface area contributed by atoms with Gasteiger partial charge >= 0.3 is 0 Å². The van der Waals surface area contributed by atoms with Crippen LogP contribution >= 0.6 is 0 Å². The van der Waals surface area contributed by atoms with Crippen LogP contribution in [0.15, 0.2) is 53.4 Å². The lowest BCUT2D eigenvalue weighted by molar-refractivity contribution is 0.354.